The molecular weight excluding hydrogens is 572 g/mol. The van der Waals surface area contributed by atoms with Crippen LogP contribution in [0.15, 0.2) is 81.8 Å². The van der Waals surface area contributed by atoms with Gasteiger partial charge in [-0.3, -0.25) is 0 Å². The molecule has 0 aromatic heterocycles. The first kappa shape index (κ1) is 28.5. The van der Waals surface area contributed by atoms with Crippen LogP contribution < -0.4 is 15.9 Å². The maximum Gasteiger partial charge on any atom is 0.573 e. The number of para-hydroxylation sites is 1. The van der Waals surface area contributed by atoms with E-state index in [1.165, 1.54) is 18.5 Å². The minimum Gasteiger partial charge on any atom is -0.406 e. The number of amidine groups is 2. The Morgan fingerprint density at radius 1 is 1.03 bits per heavy atom. The second-order valence-electron chi connectivity index (χ2n) is 8.02. The van der Waals surface area contributed by atoms with Crippen LogP contribution in [-0.4, -0.2) is 46.8 Å². The van der Waals surface area contributed by atoms with E-state index in [0.717, 1.165) is 47.3 Å². The van der Waals surface area contributed by atoms with Crippen molar-refractivity contribution in [1.29, 1.82) is 0 Å². The van der Waals surface area contributed by atoms with Gasteiger partial charge in [0, 0.05) is 11.3 Å². The van der Waals surface area contributed by atoms with Gasteiger partial charge in [-0.15, -0.1) is 18.6 Å². The molecule has 3 aromatic rings. The molecule has 0 amide bonds. The van der Waals surface area contributed by atoms with Crippen molar-refractivity contribution in [2.75, 3.05) is 12.3 Å². The van der Waals surface area contributed by atoms with Gasteiger partial charge in [0.15, 0.2) is 5.69 Å². The fourth-order valence-electron chi connectivity index (χ4n) is 3.49. The number of hydrogen-bond donors (Lipinski definition) is 2. The van der Waals surface area contributed by atoms with Crippen molar-refractivity contribution in [2.45, 2.75) is 12.8 Å². The molecule has 1 aliphatic rings. The molecule has 0 fully saturated rings. The molecule has 13 heteroatoms. The van der Waals surface area contributed by atoms with Crippen LogP contribution in [0.3, 0.4) is 0 Å². The highest BCUT2D eigenvalue weighted by Crippen LogP contribution is 2.34. The zero-order valence-electron chi connectivity index (χ0n) is 20.2. The van der Waals surface area contributed by atoms with Gasteiger partial charge < -0.3 is 10.5 Å². The van der Waals surface area contributed by atoms with E-state index in [2.05, 4.69) is 25.2 Å². The summed E-state index contributed by atoms with van der Waals surface area (Å²) in [5.74, 6) is 0.839. The first-order valence-electron chi connectivity index (χ1n) is 11.5. The average molecular weight is 594 g/mol. The Bertz CT molecular complexity index is 1400. The molecule has 3 N–H and O–H groups in total. The van der Waals surface area contributed by atoms with Crippen molar-refractivity contribution < 1.29 is 22.5 Å². The normalized spacial score (nSPS) is 14.8. The van der Waals surface area contributed by atoms with Gasteiger partial charge in [-0.25, -0.2) is 14.6 Å². The second-order valence-corrected chi connectivity index (χ2v) is 9.92. The van der Waals surface area contributed by atoms with Crippen molar-refractivity contribution in [3.05, 3.63) is 87.9 Å². The van der Waals surface area contributed by atoms with Crippen LogP contribution in [0.5, 0.6) is 5.75 Å². The summed E-state index contributed by atoms with van der Waals surface area (Å²) >= 11 is 14.4. The number of alkyl halides is 3. The molecule has 0 saturated heterocycles. The van der Waals surface area contributed by atoms with Crippen molar-refractivity contribution in [3.8, 4) is 5.75 Å². The number of nitrogens with one attached hydrogen (secondary N) is 1. The van der Waals surface area contributed by atoms with E-state index in [0.29, 0.717) is 21.3 Å². The number of thioether (sulfide) groups is 1. The third kappa shape index (κ3) is 8.22. The summed E-state index contributed by atoms with van der Waals surface area (Å²) in [4.78, 5) is 8.16. The van der Waals surface area contributed by atoms with Crippen LogP contribution >= 0.6 is 35.0 Å². The number of nitrogens with zero attached hydrogens (tertiary/aromatic N) is 4. The van der Waals surface area contributed by atoms with E-state index in [4.69, 9.17) is 28.9 Å². The molecule has 0 bridgehead atoms. The number of hydrazone groups is 1. The first-order valence-corrected chi connectivity index (χ1v) is 13.3. The molecule has 4 rings (SSSR count). The number of nitrogens with two attached hydrogens (primary N) is 1. The lowest BCUT2D eigenvalue weighted by atomic mass is 10.1. The SMILES string of the molecule is NC(=NC=Nc1ccc(OC(F)(F)F)cc1)c1ccc(/C=N/NC2=[N+](c3c(Cl)cccc3Cl)CCCS2)cc1. The van der Waals surface area contributed by atoms with E-state index >= 15 is 0 Å². The quantitative estimate of drug-likeness (QED) is 0.138. The molecule has 1 aliphatic heterocycles. The molecule has 7 nitrogen and oxygen atoms in total. The number of benzene rings is 3. The van der Waals surface area contributed by atoms with Crippen molar-refractivity contribution in [2.24, 2.45) is 20.8 Å². The van der Waals surface area contributed by atoms with Crippen molar-refractivity contribution >= 4 is 69.9 Å². The zero-order valence-corrected chi connectivity index (χ0v) is 22.5. The predicted octanol–water partition coefficient (Wildman–Crippen LogP) is 6.72. The molecule has 3 aromatic carbocycles. The third-order valence-electron chi connectivity index (χ3n) is 5.27. The zero-order chi connectivity index (χ0) is 27.8. The van der Waals surface area contributed by atoms with Crippen LogP contribution in [0.2, 0.25) is 10.0 Å². The number of hydrogen-bond acceptors (Lipinski definition) is 5. The van der Waals surface area contributed by atoms with E-state index < -0.39 is 6.36 Å². The smallest absolute Gasteiger partial charge is 0.406 e. The Balaban J connectivity index is 1.38. The summed E-state index contributed by atoms with van der Waals surface area (Å²) in [6.45, 7) is 0.767. The van der Waals surface area contributed by atoms with Gasteiger partial charge in [-0.1, -0.05) is 58.6 Å². The summed E-state index contributed by atoms with van der Waals surface area (Å²) in [7, 11) is 0. The van der Waals surface area contributed by atoms with Gasteiger partial charge >= 0.3 is 11.5 Å². The lowest BCUT2D eigenvalue weighted by Gasteiger charge is -2.16. The number of halogens is 5. The molecular formula is C26H22Cl2F3N6OS+. The minimum atomic E-state index is -4.75. The van der Waals surface area contributed by atoms with Gasteiger partial charge in [-0.2, -0.15) is 0 Å². The maximum atomic E-state index is 12.2. The Morgan fingerprint density at radius 2 is 1.72 bits per heavy atom. The topological polar surface area (TPSA) is 87.4 Å². The molecule has 202 valence electrons. The summed E-state index contributed by atoms with van der Waals surface area (Å²) in [5.41, 5.74) is 11.8. The van der Waals surface area contributed by atoms with Crippen molar-refractivity contribution in [3.63, 3.8) is 0 Å². The maximum absolute atomic E-state index is 12.2. The molecule has 1 heterocycles. The highest BCUT2D eigenvalue weighted by atomic mass is 35.5. The summed E-state index contributed by atoms with van der Waals surface area (Å²) < 4.78 is 42.6. The highest BCUT2D eigenvalue weighted by Gasteiger charge is 2.31. The minimum absolute atomic E-state index is 0.221. The fraction of sp³-hybridized carbons (Fsp3) is 0.154. The summed E-state index contributed by atoms with van der Waals surface area (Å²) in [6.07, 6.45) is -0.856. The first-order chi connectivity index (χ1) is 18.7. The summed E-state index contributed by atoms with van der Waals surface area (Å²) in [6, 6.07) is 17.7. The van der Waals surface area contributed by atoms with Crippen molar-refractivity contribution in [1.82, 2.24) is 5.43 Å². The largest absolute Gasteiger partial charge is 0.573 e. The fourth-order valence-corrected chi connectivity index (χ4v) is 5.02. The van der Waals surface area contributed by atoms with Crippen LogP contribution in [0.25, 0.3) is 0 Å². The van der Waals surface area contributed by atoms with Gasteiger partial charge in [0.2, 0.25) is 0 Å². The second kappa shape index (κ2) is 13.0. The lowest BCUT2D eigenvalue weighted by molar-refractivity contribution is -0.440. The van der Waals surface area contributed by atoms with Crippen LogP contribution in [0, 0.1) is 0 Å². The predicted molar refractivity (Wildman–Crippen MR) is 153 cm³/mol. The van der Waals surface area contributed by atoms with Crippen LogP contribution in [-0.2, 0) is 0 Å². The standard InChI is InChI=1S/C26H21Cl2F3N6OS/c27-21-3-1-4-22(28)23(21)37-13-2-14-39-25(37)36-35-15-17-5-7-18(8-6-17)24(32)34-16-33-19-9-11-20(12-10-19)38-26(29,30)31/h1,3-12,15-16H,2,13-14H2,(H2,32,33,34)/p+1/b35-15+. The third-order valence-corrected chi connectivity index (χ3v) is 6.96. The molecule has 39 heavy (non-hydrogen) atoms. The monoisotopic (exact) mass is 593 g/mol. The average Bonchev–Trinajstić information content (AvgIpc) is 2.90. The summed E-state index contributed by atoms with van der Waals surface area (Å²) in [5, 5.41) is 6.35. The van der Waals surface area contributed by atoms with Gasteiger partial charge in [0.1, 0.15) is 17.9 Å². The molecule has 0 spiro atoms. The van der Waals surface area contributed by atoms with Gasteiger partial charge in [0.25, 0.3) is 0 Å². The van der Waals surface area contributed by atoms with E-state index in [-0.39, 0.29) is 11.6 Å². The van der Waals surface area contributed by atoms with Gasteiger partial charge in [0.05, 0.1) is 28.5 Å². The Kier molecular flexibility index (Phi) is 9.50. The van der Waals surface area contributed by atoms with Crippen LogP contribution in [0.1, 0.15) is 17.5 Å². The number of rotatable bonds is 7. The van der Waals surface area contributed by atoms with E-state index in [1.54, 1.807) is 42.2 Å². The molecule has 0 radical (unpaired) electrons. The van der Waals surface area contributed by atoms with E-state index in [9.17, 15) is 13.2 Å². The molecule has 0 atom stereocenters. The van der Waals surface area contributed by atoms with Gasteiger partial charge in [-0.05, 0) is 60.1 Å². The lowest BCUT2D eigenvalue weighted by Crippen LogP contribution is -2.30. The molecule has 0 saturated carbocycles. The van der Waals surface area contributed by atoms with Crippen LogP contribution in [0.4, 0.5) is 24.5 Å². The van der Waals surface area contributed by atoms with E-state index in [1.807, 2.05) is 22.8 Å². The molecule has 0 aliphatic carbocycles. The molecule has 0 unspecified atom stereocenters. The Labute approximate surface area is 236 Å². The highest BCUT2D eigenvalue weighted by molar-refractivity contribution is 8.13. The number of aliphatic imine (C=N–C) groups is 2. The Hall–Kier alpha value is -3.54. The number of ether oxygens (including phenoxy) is 1. The Morgan fingerprint density at radius 3 is 2.38 bits per heavy atom.